The number of hydrogen-bond donors (Lipinski definition) is 0. The molecular formula is C29H30N4. The molecule has 0 aliphatic carbocycles. The lowest BCUT2D eigenvalue weighted by Gasteiger charge is -2.35. The van der Waals surface area contributed by atoms with Crippen LogP contribution in [0.25, 0.3) is 0 Å². The second-order valence-electron chi connectivity index (χ2n) is 8.46. The van der Waals surface area contributed by atoms with E-state index in [2.05, 4.69) is 97.7 Å². The van der Waals surface area contributed by atoms with Crippen LogP contribution in [0.4, 0.5) is 0 Å². The van der Waals surface area contributed by atoms with E-state index in [1.165, 1.54) is 0 Å². The first-order valence-electron chi connectivity index (χ1n) is 11.7. The van der Waals surface area contributed by atoms with Crippen molar-refractivity contribution in [3.05, 3.63) is 120 Å². The molecule has 1 heterocycles. The molecule has 166 valence electrons. The normalized spacial score (nSPS) is 12.4. The zero-order valence-corrected chi connectivity index (χ0v) is 19.3. The Labute approximate surface area is 196 Å². The first-order valence-corrected chi connectivity index (χ1v) is 11.7. The maximum absolute atomic E-state index is 9.94. The van der Waals surface area contributed by atoms with Crippen molar-refractivity contribution < 1.29 is 0 Å². The SMILES string of the molecule is CCC(CC)CC(C#N)c1ncn(C(c2ccccc2)(c2ccccc2)c2ccccc2)n1. The highest BCUT2D eigenvalue weighted by atomic mass is 15.4. The number of aromatic nitrogens is 3. The molecule has 33 heavy (non-hydrogen) atoms. The van der Waals surface area contributed by atoms with E-state index < -0.39 is 5.54 Å². The van der Waals surface area contributed by atoms with Crippen molar-refractivity contribution in [2.45, 2.75) is 44.6 Å². The summed E-state index contributed by atoms with van der Waals surface area (Å²) in [6, 6.07) is 33.7. The lowest BCUT2D eigenvalue weighted by Crippen LogP contribution is -2.38. The van der Waals surface area contributed by atoms with Crippen LogP contribution in [-0.4, -0.2) is 14.8 Å². The molecular weight excluding hydrogens is 404 g/mol. The van der Waals surface area contributed by atoms with Crippen molar-refractivity contribution in [1.29, 1.82) is 5.26 Å². The fourth-order valence-electron chi connectivity index (χ4n) is 4.70. The van der Waals surface area contributed by atoms with Gasteiger partial charge in [-0.1, -0.05) is 118 Å². The standard InChI is InChI=1S/C29H30N4/c1-3-23(4-2)20-24(21-30)28-31-22-33(32-28)29(25-14-8-5-9-15-25,26-16-10-6-11-17-26)27-18-12-7-13-19-27/h5-19,22-24H,3-4,20H2,1-2H3. The molecule has 3 aromatic carbocycles. The lowest BCUT2D eigenvalue weighted by atomic mass is 9.77. The zero-order chi connectivity index (χ0) is 23.1. The van der Waals surface area contributed by atoms with Crippen LogP contribution < -0.4 is 0 Å². The molecule has 1 unspecified atom stereocenters. The van der Waals surface area contributed by atoms with Gasteiger partial charge < -0.3 is 0 Å². The second kappa shape index (κ2) is 10.3. The third-order valence-electron chi connectivity index (χ3n) is 6.62. The van der Waals surface area contributed by atoms with Gasteiger partial charge in [-0.15, -0.1) is 0 Å². The molecule has 4 rings (SSSR count). The smallest absolute Gasteiger partial charge is 0.167 e. The third-order valence-corrected chi connectivity index (χ3v) is 6.62. The van der Waals surface area contributed by atoms with Crippen molar-refractivity contribution in [2.24, 2.45) is 5.92 Å². The van der Waals surface area contributed by atoms with Gasteiger partial charge in [-0.3, -0.25) is 0 Å². The van der Waals surface area contributed by atoms with Gasteiger partial charge in [0, 0.05) is 0 Å². The van der Waals surface area contributed by atoms with Crippen LogP contribution in [0.3, 0.4) is 0 Å². The average molecular weight is 435 g/mol. The van der Waals surface area contributed by atoms with Gasteiger partial charge in [0.25, 0.3) is 0 Å². The maximum Gasteiger partial charge on any atom is 0.167 e. The molecule has 0 amide bonds. The van der Waals surface area contributed by atoms with E-state index in [4.69, 9.17) is 5.10 Å². The summed E-state index contributed by atoms with van der Waals surface area (Å²) in [5.41, 5.74) is 2.57. The van der Waals surface area contributed by atoms with Gasteiger partial charge >= 0.3 is 0 Å². The fraction of sp³-hybridized carbons (Fsp3) is 0.276. The number of benzene rings is 3. The molecule has 1 atom stereocenters. The van der Waals surface area contributed by atoms with E-state index in [9.17, 15) is 5.26 Å². The largest absolute Gasteiger partial charge is 0.233 e. The monoisotopic (exact) mass is 434 g/mol. The van der Waals surface area contributed by atoms with E-state index in [1.807, 2.05) is 22.9 Å². The molecule has 0 saturated heterocycles. The Bertz CT molecular complexity index is 1080. The second-order valence-corrected chi connectivity index (χ2v) is 8.46. The van der Waals surface area contributed by atoms with Crippen LogP contribution in [-0.2, 0) is 5.54 Å². The number of nitriles is 1. The number of nitrogens with zero attached hydrogens (tertiary/aromatic N) is 4. The Balaban J connectivity index is 1.93. The summed E-state index contributed by atoms with van der Waals surface area (Å²) in [7, 11) is 0. The molecule has 0 aliphatic heterocycles. The molecule has 4 heteroatoms. The van der Waals surface area contributed by atoms with E-state index in [0.29, 0.717) is 11.7 Å². The number of hydrogen-bond acceptors (Lipinski definition) is 3. The van der Waals surface area contributed by atoms with Crippen LogP contribution in [0.15, 0.2) is 97.3 Å². The van der Waals surface area contributed by atoms with Crippen molar-refractivity contribution >= 4 is 0 Å². The van der Waals surface area contributed by atoms with Crippen molar-refractivity contribution in [3.8, 4) is 6.07 Å². The first kappa shape index (κ1) is 22.5. The minimum atomic E-state index is -0.704. The zero-order valence-electron chi connectivity index (χ0n) is 19.3. The van der Waals surface area contributed by atoms with Gasteiger partial charge in [0.2, 0.25) is 0 Å². The Morgan fingerprint density at radius 3 is 1.64 bits per heavy atom. The van der Waals surface area contributed by atoms with Crippen LogP contribution in [0.2, 0.25) is 0 Å². The maximum atomic E-state index is 9.94. The highest BCUT2D eigenvalue weighted by Crippen LogP contribution is 2.40. The summed E-state index contributed by atoms with van der Waals surface area (Å²) in [5, 5.41) is 14.9. The number of rotatable bonds is 9. The summed E-state index contributed by atoms with van der Waals surface area (Å²) in [5.74, 6) is 0.761. The Kier molecular flexibility index (Phi) is 7.00. The van der Waals surface area contributed by atoms with Crippen LogP contribution in [0.1, 0.15) is 61.5 Å². The topological polar surface area (TPSA) is 54.5 Å². The van der Waals surface area contributed by atoms with Crippen molar-refractivity contribution in [3.63, 3.8) is 0 Å². The molecule has 0 saturated carbocycles. The minimum Gasteiger partial charge on any atom is -0.233 e. The summed E-state index contributed by atoms with van der Waals surface area (Å²) in [6.07, 6.45) is 4.68. The molecule has 0 bridgehead atoms. The van der Waals surface area contributed by atoms with Gasteiger partial charge in [0.05, 0.1) is 6.07 Å². The van der Waals surface area contributed by atoms with E-state index in [-0.39, 0.29) is 5.92 Å². The van der Waals surface area contributed by atoms with Gasteiger partial charge in [-0.05, 0) is 29.0 Å². The molecule has 0 radical (unpaired) electrons. The van der Waals surface area contributed by atoms with Gasteiger partial charge in [0.15, 0.2) is 5.82 Å². The molecule has 4 aromatic rings. The predicted octanol–water partition coefficient (Wildman–Crippen LogP) is 6.55. The predicted molar refractivity (Wildman–Crippen MR) is 132 cm³/mol. The molecule has 0 N–H and O–H groups in total. The van der Waals surface area contributed by atoms with Crippen LogP contribution >= 0.6 is 0 Å². The summed E-state index contributed by atoms with van der Waals surface area (Å²) in [4.78, 5) is 4.68. The Morgan fingerprint density at radius 1 is 0.788 bits per heavy atom. The molecule has 4 nitrogen and oxygen atoms in total. The van der Waals surface area contributed by atoms with E-state index in [0.717, 1.165) is 36.0 Å². The van der Waals surface area contributed by atoms with Crippen molar-refractivity contribution in [2.75, 3.05) is 0 Å². The summed E-state index contributed by atoms with van der Waals surface area (Å²) >= 11 is 0. The molecule has 0 spiro atoms. The highest BCUT2D eigenvalue weighted by molar-refractivity contribution is 5.50. The fourth-order valence-corrected chi connectivity index (χ4v) is 4.70. The Morgan fingerprint density at radius 2 is 1.24 bits per heavy atom. The summed E-state index contributed by atoms with van der Waals surface area (Å²) < 4.78 is 1.94. The first-order chi connectivity index (χ1) is 16.2. The molecule has 0 aliphatic rings. The molecule has 1 aromatic heterocycles. The van der Waals surface area contributed by atoms with Gasteiger partial charge in [-0.2, -0.15) is 10.4 Å². The van der Waals surface area contributed by atoms with Crippen molar-refractivity contribution in [1.82, 2.24) is 14.8 Å². The van der Waals surface area contributed by atoms with Gasteiger partial charge in [-0.25, -0.2) is 9.67 Å². The molecule has 0 fully saturated rings. The quantitative estimate of drug-likeness (QED) is 0.281. The minimum absolute atomic E-state index is 0.323. The van der Waals surface area contributed by atoms with E-state index >= 15 is 0 Å². The average Bonchev–Trinajstić information content (AvgIpc) is 3.37. The van der Waals surface area contributed by atoms with Crippen LogP contribution in [0, 0.1) is 17.2 Å². The van der Waals surface area contributed by atoms with Crippen LogP contribution in [0.5, 0.6) is 0 Å². The summed E-state index contributed by atoms with van der Waals surface area (Å²) in [6.45, 7) is 4.36. The Hall–Kier alpha value is -3.71. The highest BCUT2D eigenvalue weighted by Gasteiger charge is 2.40. The van der Waals surface area contributed by atoms with Gasteiger partial charge in [0.1, 0.15) is 17.8 Å². The van der Waals surface area contributed by atoms with E-state index in [1.54, 1.807) is 6.33 Å². The third kappa shape index (κ3) is 4.32. The lowest BCUT2D eigenvalue weighted by molar-refractivity contribution is 0.423.